The second kappa shape index (κ2) is 6.17. The van der Waals surface area contributed by atoms with Crippen molar-refractivity contribution in [3.63, 3.8) is 0 Å². The van der Waals surface area contributed by atoms with Crippen molar-refractivity contribution in [2.75, 3.05) is 13.1 Å². The van der Waals surface area contributed by atoms with E-state index in [1.165, 1.54) is 41.5 Å². The maximum absolute atomic E-state index is 3.75. The molecule has 0 aromatic heterocycles. The van der Waals surface area contributed by atoms with E-state index in [0.29, 0.717) is 0 Å². The van der Waals surface area contributed by atoms with E-state index in [4.69, 9.17) is 0 Å². The SMILES string of the molecule is CC1CN(Cc2ccc(CNC3CC3)cc2Br)CC1C. The van der Waals surface area contributed by atoms with Crippen LogP contribution < -0.4 is 5.32 Å². The molecular weight excluding hydrogens is 312 g/mol. The molecule has 1 aromatic carbocycles. The van der Waals surface area contributed by atoms with Gasteiger partial charge in [-0.2, -0.15) is 0 Å². The third-order valence-electron chi connectivity index (χ3n) is 4.75. The van der Waals surface area contributed by atoms with Gasteiger partial charge in [0.2, 0.25) is 0 Å². The Hall–Kier alpha value is -0.380. The smallest absolute Gasteiger partial charge is 0.0245 e. The molecule has 2 unspecified atom stereocenters. The predicted octanol–water partition coefficient (Wildman–Crippen LogP) is 3.79. The van der Waals surface area contributed by atoms with Crippen LogP contribution in [0.2, 0.25) is 0 Å². The van der Waals surface area contributed by atoms with Crippen molar-refractivity contribution < 1.29 is 0 Å². The first-order valence-corrected chi connectivity index (χ1v) is 8.64. The minimum Gasteiger partial charge on any atom is -0.310 e. The van der Waals surface area contributed by atoms with Crippen LogP contribution in [0.25, 0.3) is 0 Å². The van der Waals surface area contributed by atoms with Crippen LogP contribution in [0.3, 0.4) is 0 Å². The molecule has 2 fully saturated rings. The Labute approximate surface area is 131 Å². The number of nitrogens with one attached hydrogen (secondary N) is 1. The second-order valence-corrected chi connectivity index (χ2v) is 7.58. The second-order valence-electron chi connectivity index (χ2n) is 6.73. The average molecular weight is 337 g/mol. The molecule has 20 heavy (non-hydrogen) atoms. The summed E-state index contributed by atoms with van der Waals surface area (Å²) in [4.78, 5) is 2.58. The van der Waals surface area contributed by atoms with E-state index in [1.54, 1.807) is 0 Å². The summed E-state index contributed by atoms with van der Waals surface area (Å²) in [5.74, 6) is 1.66. The van der Waals surface area contributed by atoms with E-state index in [0.717, 1.165) is 31.0 Å². The summed E-state index contributed by atoms with van der Waals surface area (Å²) < 4.78 is 1.26. The zero-order valence-corrected chi connectivity index (χ0v) is 14.1. The van der Waals surface area contributed by atoms with E-state index in [2.05, 4.69) is 58.2 Å². The zero-order chi connectivity index (χ0) is 14.1. The van der Waals surface area contributed by atoms with Gasteiger partial charge in [0, 0.05) is 36.7 Å². The summed E-state index contributed by atoms with van der Waals surface area (Å²) in [5, 5.41) is 3.57. The molecule has 2 aliphatic rings. The fraction of sp³-hybridized carbons (Fsp3) is 0.647. The van der Waals surface area contributed by atoms with Gasteiger partial charge < -0.3 is 5.32 Å². The number of likely N-dealkylation sites (tertiary alicyclic amines) is 1. The van der Waals surface area contributed by atoms with Crippen molar-refractivity contribution in [1.82, 2.24) is 10.2 Å². The lowest BCUT2D eigenvalue weighted by Gasteiger charge is -2.17. The Morgan fingerprint density at radius 1 is 1.20 bits per heavy atom. The van der Waals surface area contributed by atoms with Crippen LogP contribution in [0.1, 0.15) is 37.8 Å². The number of nitrogens with zero attached hydrogens (tertiary/aromatic N) is 1. The third-order valence-corrected chi connectivity index (χ3v) is 5.49. The summed E-state index contributed by atoms with van der Waals surface area (Å²) in [6, 6.07) is 7.63. The van der Waals surface area contributed by atoms with Gasteiger partial charge in [0.15, 0.2) is 0 Å². The van der Waals surface area contributed by atoms with Crippen molar-refractivity contribution in [2.24, 2.45) is 11.8 Å². The molecule has 1 aliphatic carbocycles. The van der Waals surface area contributed by atoms with Gasteiger partial charge in [0.05, 0.1) is 0 Å². The number of benzene rings is 1. The van der Waals surface area contributed by atoms with E-state index < -0.39 is 0 Å². The fourth-order valence-electron chi connectivity index (χ4n) is 3.00. The van der Waals surface area contributed by atoms with Crippen molar-refractivity contribution in [3.05, 3.63) is 33.8 Å². The minimum absolute atomic E-state index is 0.779. The van der Waals surface area contributed by atoms with Gasteiger partial charge in [-0.1, -0.05) is 41.9 Å². The first-order valence-electron chi connectivity index (χ1n) is 7.85. The highest BCUT2D eigenvalue weighted by Crippen LogP contribution is 2.27. The van der Waals surface area contributed by atoms with Crippen molar-refractivity contribution in [1.29, 1.82) is 0 Å². The molecule has 110 valence electrons. The van der Waals surface area contributed by atoms with E-state index in [-0.39, 0.29) is 0 Å². The molecule has 1 aromatic rings. The first kappa shape index (κ1) is 14.6. The molecule has 0 radical (unpaired) electrons. The van der Waals surface area contributed by atoms with E-state index in [1.807, 2.05) is 0 Å². The van der Waals surface area contributed by atoms with Crippen molar-refractivity contribution in [3.8, 4) is 0 Å². The maximum atomic E-state index is 3.75. The predicted molar refractivity (Wildman–Crippen MR) is 87.6 cm³/mol. The van der Waals surface area contributed by atoms with Crippen LogP contribution in [0.5, 0.6) is 0 Å². The molecule has 1 heterocycles. The first-order chi connectivity index (χ1) is 9.61. The monoisotopic (exact) mass is 336 g/mol. The number of hydrogen-bond donors (Lipinski definition) is 1. The van der Waals surface area contributed by atoms with Gasteiger partial charge in [-0.05, 0) is 41.9 Å². The quantitative estimate of drug-likeness (QED) is 0.879. The van der Waals surface area contributed by atoms with Crippen LogP contribution in [-0.4, -0.2) is 24.0 Å². The summed E-state index contributed by atoms with van der Waals surface area (Å²) >= 11 is 3.75. The molecule has 0 spiro atoms. The van der Waals surface area contributed by atoms with Gasteiger partial charge in [0.25, 0.3) is 0 Å². The van der Waals surface area contributed by atoms with Crippen LogP contribution in [0, 0.1) is 11.8 Å². The van der Waals surface area contributed by atoms with Gasteiger partial charge in [0.1, 0.15) is 0 Å². The highest BCUT2D eigenvalue weighted by atomic mass is 79.9. The number of hydrogen-bond acceptors (Lipinski definition) is 2. The zero-order valence-electron chi connectivity index (χ0n) is 12.5. The van der Waals surface area contributed by atoms with Crippen molar-refractivity contribution in [2.45, 2.75) is 45.8 Å². The maximum Gasteiger partial charge on any atom is 0.0245 e. The Balaban J connectivity index is 1.58. The molecule has 0 amide bonds. The summed E-state index contributed by atoms with van der Waals surface area (Å²) in [7, 11) is 0. The van der Waals surface area contributed by atoms with Gasteiger partial charge in [-0.3, -0.25) is 4.90 Å². The summed E-state index contributed by atoms with van der Waals surface area (Å²) in [5.41, 5.74) is 2.80. The molecule has 1 saturated heterocycles. The van der Waals surface area contributed by atoms with Gasteiger partial charge in [-0.25, -0.2) is 0 Å². The van der Waals surface area contributed by atoms with Crippen molar-refractivity contribution >= 4 is 15.9 Å². The van der Waals surface area contributed by atoms with Crippen LogP contribution in [0.4, 0.5) is 0 Å². The van der Waals surface area contributed by atoms with Gasteiger partial charge >= 0.3 is 0 Å². The molecule has 1 saturated carbocycles. The lowest BCUT2D eigenvalue weighted by molar-refractivity contribution is 0.315. The molecule has 1 aliphatic heterocycles. The van der Waals surface area contributed by atoms with E-state index >= 15 is 0 Å². The van der Waals surface area contributed by atoms with Gasteiger partial charge in [-0.15, -0.1) is 0 Å². The number of halogens is 1. The van der Waals surface area contributed by atoms with Crippen LogP contribution in [0.15, 0.2) is 22.7 Å². The summed E-state index contributed by atoms with van der Waals surface area (Å²) in [6.45, 7) is 9.28. The standard InChI is InChI=1S/C17H25BrN2/c1-12-9-20(10-13(12)2)11-15-4-3-14(7-17(15)18)8-19-16-5-6-16/h3-4,7,12-13,16,19H,5-6,8-11H2,1-2H3. The van der Waals surface area contributed by atoms with Crippen LogP contribution >= 0.6 is 15.9 Å². The Bertz CT molecular complexity index is 460. The molecule has 3 rings (SSSR count). The lowest BCUT2D eigenvalue weighted by Crippen LogP contribution is -2.20. The normalized spacial score (nSPS) is 27.1. The molecule has 2 nitrogen and oxygen atoms in total. The third kappa shape index (κ3) is 3.63. The molecule has 0 bridgehead atoms. The molecular formula is C17H25BrN2. The Morgan fingerprint density at radius 3 is 2.50 bits per heavy atom. The Kier molecular flexibility index (Phi) is 4.49. The minimum atomic E-state index is 0.779. The molecule has 2 atom stereocenters. The highest BCUT2D eigenvalue weighted by Gasteiger charge is 2.26. The summed E-state index contributed by atoms with van der Waals surface area (Å²) in [6.07, 6.45) is 2.70. The number of rotatable bonds is 5. The molecule has 3 heteroatoms. The largest absolute Gasteiger partial charge is 0.310 e. The average Bonchev–Trinajstić information content (AvgIpc) is 3.18. The van der Waals surface area contributed by atoms with Crippen LogP contribution in [-0.2, 0) is 13.1 Å². The topological polar surface area (TPSA) is 15.3 Å². The van der Waals surface area contributed by atoms with E-state index in [9.17, 15) is 0 Å². The lowest BCUT2D eigenvalue weighted by atomic mass is 10.0. The Morgan fingerprint density at radius 2 is 1.90 bits per heavy atom. The highest BCUT2D eigenvalue weighted by molar-refractivity contribution is 9.10. The molecule has 1 N–H and O–H groups in total. The fourth-order valence-corrected chi connectivity index (χ4v) is 3.55.